The topological polar surface area (TPSA) is 43.4 Å². The van der Waals surface area contributed by atoms with Gasteiger partial charge in [0, 0.05) is 19.3 Å². The van der Waals surface area contributed by atoms with E-state index in [0.717, 1.165) is 19.3 Å². The number of carbonyl (C=O) groups excluding carboxylic acids is 2. The van der Waals surface area contributed by atoms with E-state index in [4.69, 9.17) is 4.74 Å². The molecule has 0 aliphatic carbocycles. The highest BCUT2D eigenvalue weighted by atomic mass is 16.5. The number of unbranched alkanes of at least 4 members (excludes halogenated alkanes) is 2. The molecule has 0 atom stereocenters. The van der Waals surface area contributed by atoms with Crippen molar-refractivity contribution in [2.45, 2.75) is 52.4 Å². The van der Waals surface area contributed by atoms with Crippen LogP contribution in [-0.4, -0.2) is 18.4 Å². The fourth-order valence-corrected chi connectivity index (χ4v) is 1.08. The number of Topliss-reactive ketones (excluding diaryl/α,β-unsaturated/α-hetero) is 1. The fourth-order valence-electron chi connectivity index (χ4n) is 1.08. The van der Waals surface area contributed by atoms with Crippen LogP contribution in [0.25, 0.3) is 0 Å². The first kappa shape index (κ1) is 13.1. The number of esters is 1. The first-order valence-corrected chi connectivity index (χ1v) is 5.38. The SMILES string of the molecule is CCCCCC(=O)CCOC(=O)CC. The lowest BCUT2D eigenvalue weighted by molar-refractivity contribution is -0.143. The van der Waals surface area contributed by atoms with E-state index >= 15 is 0 Å². The van der Waals surface area contributed by atoms with Crippen molar-refractivity contribution < 1.29 is 14.3 Å². The van der Waals surface area contributed by atoms with Crippen LogP contribution in [0.15, 0.2) is 0 Å². The Hall–Kier alpha value is -0.860. The molecule has 3 heteroatoms. The zero-order valence-corrected chi connectivity index (χ0v) is 9.17. The highest BCUT2D eigenvalue weighted by Crippen LogP contribution is 2.02. The third-order valence-corrected chi connectivity index (χ3v) is 1.99. The largest absolute Gasteiger partial charge is 0.465 e. The van der Waals surface area contributed by atoms with Crippen LogP contribution in [0.1, 0.15) is 52.4 Å². The van der Waals surface area contributed by atoms with Crippen molar-refractivity contribution in [3.63, 3.8) is 0 Å². The maximum atomic E-state index is 11.2. The summed E-state index contributed by atoms with van der Waals surface area (Å²) in [5, 5.41) is 0. The monoisotopic (exact) mass is 200 g/mol. The molecule has 0 rings (SSSR count). The van der Waals surface area contributed by atoms with Crippen LogP contribution in [0.2, 0.25) is 0 Å². The molecule has 0 unspecified atom stereocenters. The van der Waals surface area contributed by atoms with Gasteiger partial charge in [-0.2, -0.15) is 0 Å². The molecule has 0 amide bonds. The molecule has 0 aliphatic heterocycles. The van der Waals surface area contributed by atoms with Crippen molar-refractivity contribution in [3.05, 3.63) is 0 Å². The van der Waals surface area contributed by atoms with E-state index in [0.29, 0.717) is 19.3 Å². The second-order valence-electron chi connectivity index (χ2n) is 3.32. The minimum Gasteiger partial charge on any atom is -0.465 e. The van der Waals surface area contributed by atoms with E-state index in [9.17, 15) is 9.59 Å². The lowest BCUT2D eigenvalue weighted by Crippen LogP contribution is -2.08. The molecule has 0 radical (unpaired) electrons. The van der Waals surface area contributed by atoms with Crippen molar-refractivity contribution >= 4 is 11.8 Å². The van der Waals surface area contributed by atoms with Gasteiger partial charge < -0.3 is 4.74 Å². The van der Waals surface area contributed by atoms with Crippen molar-refractivity contribution in [3.8, 4) is 0 Å². The van der Waals surface area contributed by atoms with Crippen LogP contribution in [0.3, 0.4) is 0 Å². The van der Waals surface area contributed by atoms with E-state index in [-0.39, 0.29) is 18.4 Å². The summed E-state index contributed by atoms with van der Waals surface area (Å²) in [5.41, 5.74) is 0. The second kappa shape index (κ2) is 8.73. The Morgan fingerprint density at radius 2 is 1.79 bits per heavy atom. The number of ketones is 1. The van der Waals surface area contributed by atoms with Gasteiger partial charge in [0.1, 0.15) is 5.78 Å². The van der Waals surface area contributed by atoms with E-state index in [2.05, 4.69) is 6.92 Å². The average Bonchev–Trinajstić information content (AvgIpc) is 2.18. The molecule has 0 aromatic rings. The molecule has 82 valence electrons. The van der Waals surface area contributed by atoms with Crippen LogP contribution < -0.4 is 0 Å². The molecule has 0 bridgehead atoms. The first-order valence-electron chi connectivity index (χ1n) is 5.38. The molecule has 0 spiro atoms. The van der Waals surface area contributed by atoms with Crippen LogP contribution in [0.4, 0.5) is 0 Å². The van der Waals surface area contributed by atoms with Gasteiger partial charge in [-0.3, -0.25) is 9.59 Å². The number of hydrogen-bond donors (Lipinski definition) is 0. The van der Waals surface area contributed by atoms with E-state index in [1.54, 1.807) is 6.92 Å². The smallest absolute Gasteiger partial charge is 0.305 e. The Morgan fingerprint density at radius 1 is 1.07 bits per heavy atom. The predicted molar refractivity (Wildman–Crippen MR) is 55.0 cm³/mol. The van der Waals surface area contributed by atoms with Crippen molar-refractivity contribution in [1.29, 1.82) is 0 Å². The summed E-state index contributed by atoms with van der Waals surface area (Å²) < 4.78 is 4.81. The number of carbonyl (C=O) groups is 2. The minimum absolute atomic E-state index is 0.197. The molecule has 0 saturated heterocycles. The number of ether oxygens (including phenoxy) is 1. The van der Waals surface area contributed by atoms with Crippen molar-refractivity contribution in [1.82, 2.24) is 0 Å². The van der Waals surface area contributed by atoms with Gasteiger partial charge >= 0.3 is 5.97 Å². The fraction of sp³-hybridized carbons (Fsp3) is 0.818. The Labute approximate surface area is 85.8 Å². The van der Waals surface area contributed by atoms with Gasteiger partial charge in [-0.1, -0.05) is 26.7 Å². The Bertz CT molecular complexity index is 175. The van der Waals surface area contributed by atoms with Crippen LogP contribution in [0, 0.1) is 0 Å². The lowest BCUT2D eigenvalue weighted by Gasteiger charge is -2.02. The average molecular weight is 200 g/mol. The van der Waals surface area contributed by atoms with Crippen LogP contribution in [-0.2, 0) is 14.3 Å². The molecule has 0 fully saturated rings. The van der Waals surface area contributed by atoms with Gasteiger partial charge in [-0.25, -0.2) is 0 Å². The summed E-state index contributed by atoms with van der Waals surface area (Å²) in [5.74, 6) is -0.0336. The normalized spacial score (nSPS) is 9.86. The lowest BCUT2D eigenvalue weighted by atomic mass is 10.1. The Balaban J connectivity index is 3.31. The minimum atomic E-state index is -0.230. The quantitative estimate of drug-likeness (QED) is 0.446. The van der Waals surface area contributed by atoms with E-state index < -0.39 is 0 Å². The predicted octanol–water partition coefficient (Wildman–Crippen LogP) is 2.48. The third-order valence-electron chi connectivity index (χ3n) is 1.99. The van der Waals surface area contributed by atoms with Gasteiger partial charge in [-0.15, -0.1) is 0 Å². The Morgan fingerprint density at radius 3 is 2.36 bits per heavy atom. The highest BCUT2D eigenvalue weighted by Gasteiger charge is 2.03. The Kier molecular flexibility index (Phi) is 8.19. The van der Waals surface area contributed by atoms with Gasteiger partial charge in [0.15, 0.2) is 0 Å². The second-order valence-corrected chi connectivity index (χ2v) is 3.32. The van der Waals surface area contributed by atoms with Gasteiger partial charge in [0.2, 0.25) is 0 Å². The molecule has 3 nitrogen and oxygen atoms in total. The molecule has 0 aromatic carbocycles. The summed E-state index contributed by atoms with van der Waals surface area (Å²) in [6.45, 7) is 4.09. The summed E-state index contributed by atoms with van der Waals surface area (Å²) >= 11 is 0. The molecular formula is C11H20O3. The first-order chi connectivity index (χ1) is 6.70. The third kappa shape index (κ3) is 7.77. The van der Waals surface area contributed by atoms with Crippen molar-refractivity contribution in [2.24, 2.45) is 0 Å². The molecule has 0 saturated carbocycles. The molecular weight excluding hydrogens is 180 g/mol. The van der Waals surface area contributed by atoms with Crippen molar-refractivity contribution in [2.75, 3.05) is 6.61 Å². The van der Waals surface area contributed by atoms with Gasteiger partial charge in [0.25, 0.3) is 0 Å². The molecule has 0 aliphatic rings. The van der Waals surface area contributed by atoms with E-state index in [1.807, 2.05) is 0 Å². The van der Waals surface area contributed by atoms with E-state index in [1.165, 1.54) is 0 Å². The summed E-state index contributed by atoms with van der Waals surface area (Å²) in [7, 11) is 0. The van der Waals surface area contributed by atoms with Gasteiger partial charge in [0.05, 0.1) is 6.61 Å². The zero-order chi connectivity index (χ0) is 10.8. The highest BCUT2D eigenvalue weighted by molar-refractivity contribution is 5.78. The zero-order valence-electron chi connectivity index (χ0n) is 9.17. The van der Waals surface area contributed by atoms with Crippen LogP contribution in [0.5, 0.6) is 0 Å². The summed E-state index contributed by atoms with van der Waals surface area (Å²) in [4.78, 5) is 21.9. The standard InChI is InChI=1S/C11H20O3/c1-3-5-6-7-10(12)8-9-14-11(13)4-2/h3-9H2,1-2H3. The number of rotatable bonds is 8. The molecule has 0 N–H and O–H groups in total. The molecule has 14 heavy (non-hydrogen) atoms. The molecule has 0 heterocycles. The maximum absolute atomic E-state index is 11.2. The maximum Gasteiger partial charge on any atom is 0.305 e. The summed E-state index contributed by atoms with van der Waals surface area (Å²) in [6, 6.07) is 0. The van der Waals surface area contributed by atoms with Crippen LogP contribution >= 0.6 is 0 Å². The number of hydrogen-bond acceptors (Lipinski definition) is 3. The summed E-state index contributed by atoms with van der Waals surface area (Å²) in [6.07, 6.45) is 4.55. The van der Waals surface area contributed by atoms with Gasteiger partial charge in [-0.05, 0) is 6.42 Å². The molecule has 0 aromatic heterocycles.